The molecule has 0 fully saturated rings. The third kappa shape index (κ3) is 4.01. The zero-order valence-corrected chi connectivity index (χ0v) is 13.7. The largest absolute Gasteiger partial charge is 0.491 e. The highest BCUT2D eigenvalue weighted by atomic mass is 79.9. The van der Waals surface area contributed by atoms with Crippen LogP contribution in [0.1, 0.15) is 25.0 Å². The number of aryl methyl sites for hydroxylation is 1. The van der Waals surface area contributed by atoms with Gasteiger partial charge >= 0.3 is 0 Å². The number of nitrogens with one attached hydrogen (secondary N) is 1. The molecule has 0 heterocycles. The van der Waals surface area contributed by atoms with E-state index in [4.69, 9.17) is 4.74 Å². The van der Waals surface area contributed by atoms with Crippen LogP contribution in [0.4, 0.5) is 5.69 Å². The Balaban J connectivity index is 2.05. The normalized spacial score (nSPS) is 10.7. The van der Waals surface area contributed by atoms with Gasteiger partial charge in [0.15, 0.2) is 0 Å². The van der Waals surface area contributed by atoms with Gasteiger partial charge in [-0.2, -0.15) is 0 Å². The summed E-state index contributed by atoms with van der Waals surface area (Å²) < 4.78 is 6.83. The minimum absolute atomic E-state index is 0.198. The molecule has 1 N–H and O–H groups in total. The zero-order valence-electron chi connectivity index (χ0n) is 12.1. The maximum Gasteiger partial charge on any atom is 0.120 e. The SMILES string of the molecule is Cc1cccc(NCc2cccc(OC(C)C)c2)c1Br. The summed E-state index contributed by atoms with van der Waals surface area (Å²) in [5.74, 6) is 0.919. The van der Waals surface area contributed by atoms with Crippen LogP contribution in [0.15, 0.2) is 46.9 Å². The molecule has 0 aliphatic rings. The second-order valence-electron chi connectivity index (χ2n) is 5.10. The quantitative estimate of drug-likeness (QED) is 0.816. The summed E-state index contributed by atoms with van der Waals surface area (Å²) in [5, 5.41) is 3.45. The molecule has 0 spiro atoms. The molecule has 0 saturated heterocycles. The highest BCUT2D eigenvalue weighted by Gasteiger charge is 2.03. The molecular formula is C17H20BrNO. The third-order valence-electron chi connectivity index (χ3n) is 2.94. The molecule has 0 radical (unpaired) electrons. The Labute approximate surface area is 129 Å². The van der Waals surface area contributed by atoms with E-state index in [-0.39, 0.29) is 6.10 Å². The Bertz CT molecular complexity index is 581. The first-order valence-electron chi connectivity index (χ1n) is 6.81. The van der Waals surface area contributed by atoms with Crippen molar-refractivity contribution in [2.75, 3.05) is 5.32 Å². The average Bonchev–Trinajstić information content (AvgIpc) is 2.40. The van der Waals surface area contributed by atoms with Crippen molar-refractivity contribution >= 4 is 21.6 Å². The lowest BCUT2D eigenvalue weighted by Crippen LogP contribution is -2.06. The first-order chi connectivity index (χ1) is 9.56. The van der Waals surface area contributed by atoms with Crippen LogP contribution in [0.25, 0.3) is 0 Å². The monoisotopic (exact) mass is 333 g/mol. The van der Waals surface area contributed by atoms with Gasteiger partial charge in [-0.15, -0.1) is 0 Å². The van der Waals surface area contributed by atoms with Crippen LogP contribution < -0.4 is 10.1 Å². The summed E-state index contributed by atoms with van der Waals surface area (Å²) in [6.45, 7) is 6.94. The molecule has 0 amide bonds. The van der Waals surface area contributed by atoms with Gasteiger partial charge in [-0.1, -0.05) is 24.3 Å². The first-order valence-corrected chi connectivity index (χ1v) is 7.60. The van der Waals surface area contributed by atoms with Crippen molar-refractivity contribution in [3.63, 3.8) is 0 Å². The Morgan fingerprint density at radius 2 is 1.90 bits per heavy atom. The van der Waals surface area contributed by atoms with Crippen LogP contribution in [-0.4, -0.2) is 6.10 Å². The van der Waals surface area contributed by atoms with E-state index in [1.807, 2.05) is 26.0 Å². The lowest BCUT2D eigenvalue weighted by Gasteiger charge is -2.13. The molecule has 0 bridgehead atoms. The fraction of sp³-hybridized carbons (Fsp3) is 0.294. The second-order valence-corrected chi connectivity index (χ2v) is 5.90. The molecule has 2 aromatic carbocycles. The number of anilines is 1. The molecule has 0 aliphatic carbocycles. The van der Waals surface area contributed by atoms with Crippen LogP contribution in [0.2, 0.25) is 0 Å². The average molecular weight is 334 g/mol. The zero-order chi connectivity index (χ0) is 14.5. The van der Waals surface area contributed by atoms with Gasteiger partial charge in [0.1, 0.15) is 5.75 Å². The van der Waals surface area contributed by atoms with E-state index in [9.17, 15) is 0 Å². The van der Waals surface area contributed by atoms with Gasteiger partial charge < -0.3 is 10.1 Å². The van der Waals surface area contributed by atoms with E-state index < -0.39 is 0 Å². The highest BCUT2D eigenvalue weighted by molar-refractivity contribution is 9.10. The van der Waals surface area contributed by atoms with E-state index in [0.717, 1.165) is 22.5 Å². The van der Waals surface area contributed by atoms with Crippen LogP contribution in [0, 0.1) is 6.92 Å². The number of hydrogen-bond donors (Lipinski definition) is 1. The number of hydrogen-bond acceptors (Lipinski definition) is 2. The van der Waals surface area contributed by atoms with Crippen LogP contribution >= 0.6 is 15.9 Å². The molecule has 0 saturated carbocycles. The molecule has 106 valence electrons. The van der Waals surface area contributed by atoms with Crippen LogP contribution in [0.3, 0.4) is 0 Å². The van der Waals surface area contributed by atoms with Gasteiger partial charge in [-0.05, 0) is 66.0 Å². The van der Waals surface area contributed by atoms with Gasteiger partial charge in [0.25, 0.3) is 0 Å². The van der Waals surface area contributed by atoms with Crippen molar-refractivity contribution in [3.05, 3.63) is 58.1 Å². The fourth-order valence-electron chi connectivity index (χ4n) is 1.98. The second kappa shape index (κ2) is 6.80. The molecule has 0 aliphatic heterocycles. The summed E-state index contributed by atoms with van der Waals surface area (Å²) in [6, 6.07) is 14.4. The summed E-state index contributed by atoms with van der Waals surface area (Å²) in [6.07, 6.45) is 0.198. The topological polar surface area (TPSA) is 21.3 Å². The summed E-state index contributed by atoms with van der Waals surface area (Å²) in [5.41, 5.74) is 3.55. The summed E-state index contributed by atoms with van der Waals surface area (Å²) in [7, 11) is 0. The standard InChI is InChI=1S/C17H20BrNO/c1-12(2)20-15-8-5-7-14(10-15)11-19-16-9-4-6-13(3)17(16)18/h4-10,12,19H,11H2,1-3H3. The van der Waals surface area contributed by atoms with Gasteiger partial charge in [0.2, 0.25) is 0 Å². The lowest BCUT2D eigenvalue weighted by molar-refractivity contribution is 0.242. The van der Waals surface area contributed by atoms with E-state index in [1.165, 1.54) is 11.1 Å². The third-order valence-corrected chi connectivity index (χ3v) is 4.00. The molecule has 0 unspecified atom stereocenters. The lowest BCUT2D eigenvalue weighted by atomic mass is 10.2. The summed E-state index contributed by atoms with van der Waals surface area (Å²) >= 11 is 3.61. The molecule has 2 rings (SSSR count). The fourth-order valence-corrected chi connectivity index (χ4v) is 2.39. The van der Waals surface area contributed by atoms with Crippen molar-refractivity contribution in [1.82, 2.24) is 0 Å². The molecule has 20 heavy (non-hydrogen) atoms. The van der Waals surface area contributed by atoms with Crippen molar-refractivity contribution in [2.45, 2.75) is 33.4 Å². The van der Waals surface area contributed by atoms with Crippen LogP contribution in [-0.2, 0) is 6.54 Å². The Morgan fingerprint density at radius 1 is 1.15 bits per heavy atom. The number of benzene rings is 2. The Hall–Kier alpha value is -1.48. The molecule has 2 nitrogen and oxygen atoms in total. The number of ether oxygens (including phenoxy) is 1. The van der Waals surface area contributed by atoms with Gasteiger partial charge in [-0.3, -0.25) is 0 Å². The van der Waals surface area contributed by atoms with Crippen molar-refractivity contribution in [3.8, 4) is 5.75 Å². The van der Waals surface area contributed by atoms with Crippen molar-refractivity contribution in [1.29, 1.82) is 0 Å². The van der Waals surface area contributed by atoms with Crippen molar-refractivity contribution in [2.24, 2.45) is 0 Å². The highest BCUT2D eigenvalue weighted by Crippen LogP contribution is 2.26. The Morgan fingerprint density at radius 3 is 2.65 bits per heavy atom. The molecule has 0 atom stereocenters. The van der Waals surface area contributed by atoms with Crippen LogP contribution in [0.5, 0.6) is 5.75 Å². The van der Waals surface area contributed by atoms with E-state index >= 15 is 0 Å². The van der Waals surface area contributed by atoms with E-state index in [2.05, 4.69) is 58.5 Å². The maximum atomic E-state index is 5.71. The van der Waals surface area contributed by atoms with Gasteiger partial charge in [0.05, 0.1) is 6.10 Å². The van der Waals surface area contributed by atoms with E-state index in [1.54, 1.807) is 0 Å². The molecular weight excluding hydrogens is 314 g/mol. The summed E-state index contributed by atoms with van der Waals surface area (Å²) in [4.78, 5) is 0. The molecule has 2 aromatic rings. The first kappa shape index (κ1) is 14.9. The van der Waals surface area contributed by atoms with Gasteiger partial charge in [0, 0.05) is 16.7 Å². The van der Waals surface area contributed by atoms with E-state index in [0.29, 0.717) is 0 Å². The molecule has 0 aromatic heterocycles. The number of halogens is 1. The minimum atomic E-state index is 0.198. The van der Waals surface area contributed by atoms with Gasteiger partial charge in [-0.25, -0.2) is 0 Å². The van der Waals surface area contributed by atoms with Crippen molar-refractivity contribution < 1.29 is 4.74 Å². The Kier molecular flexibility index (Phi) is 5.07. The number of rotatable bonds is 5. The molecule has 3 heteroatoms. The minimum Gasteiger partial charge on any atom is -0.491 e. The predicted molar refractivity (Wildman–Crippen MR) is 88.4 cm³/mol. The predicted octanol–water partition coefficient (Wildman–Crippen LogP) is 5.16. The maximum absolute atomic E-state index is 5.71. The smallest absolute Gasteiger partial charge is 0.120 e.